The molecule has 0 bridgehead atoms. The molecule has 0 saturated carbocycles. The van der Waals surface area contributed by atoms with Gasteiger partial charge in [-0.1, -0.05) is 6.92 Å². The number of nitrogens with one attached hydrogen (secondary N) is 1. The van der Waals surface area contributed by atoms with Crippen molar-refractivity contribution in [1.82, 2.24) is 15.1 Å². The number of benzene rings is 1. The van der Waals surface area contributed by atoms with Crippen LogP contribution in [0.3, 0.4) is 0 Å². The molecule has 1 saturated heterocycles. The van der Waals surface area contributed by atoms with E-state index in [0.29, 0.717) is 6.10 Å². The molecule has 18 heavy (non-hydrogen) atoms. The monoisotopic (exact) mass is 245 g/mol. The zero-order valence-corrected chi connectivity index (χ0v) is 10.7. The van der Waals surface area contributed by atoms with Crippen LogP contribution in [-0.2, 0) is 0 Å². The van der Waals surface area contributed by atoms with Gasteiger partial charge in [0.05, 0.1) is 11.7 Å². The lowest BCUT2D eigenvalue weighted by Crippen LogP contribution is -2.37. The SMILES string of the molecule is CCN1CCC(Oc2ccc3[nH]ncc3c2)CC1. The Hall–Kier alpha value is -1.55. The Labute approximate surface area is 107 Å². The first-order valence-corrected chi connectivity index (χ1v) is 6.67. The first-order chi connectivity index (χ1) is 8.85. The number of fused-ring (bicyclic) bond motifs is 1. The number of rotatable bonds is 3. The van der Waals surface area contributed by atoms with Crippen molar-refractivity contribution < 1.29 is 4.74 Å². The molecule has 4 nitrogen and oxygen atoms in total. The molecule has 0 aliphatic carbocycles. The van der Waals surface area contributed by atoms with E-state index in [0.717, 1.165) is 49.1 Å². The van der Waals surface area contributed by atoms with Gasteiger partial charge in [0.2, 0.25) is 0 Å². The summed E-state index contributed by atoms with van der Waals surface area (Å²) < 4.78 is 6.06. The topological polar surface area (TPSA) is 41.1 Å². The van der Waals surface area contributed by atoms with Crippen LogP contribution in [-0.4, -0.2) is 40.8 Å². The van der Waals surface area contributed by atoms with Crippen molar-refractivity contribution in [3.63, 3.8) is 0 Å². The minimum absolute atomic E-state index is 0.358. The summed E-state index contributed by atoms with van der Waals surface area (Å²) in [6, 6.07) is 6.11. The quantitative estimate of drug-likeness (QED) is 0.903. The van der Waals surface area contributed by atoms with E-state index in [1.807, 2.05) is 18.3 Å². The molecule has 0 radical (unpaired) electrons. The summed E-state index contributed by atoms with van der Waals surface area (Å²) in [6.45, 7) is 5.66. The van der Waals surface area contributed by atoms with Crippen molar-refractivity contribution in [2.24, 2.45) is 0 Å². The number of likely N-dealkylation sites (tertiary alicyclic amines) is 1. The molecule has 1 aromatic carbocycles. The fourth-order valence-electron chi connectivity index (χ4n) is 2.53. The number of aromatic amines is 1. The molecule has 96 valence electrons. The van der Waals surface area contributed by atoms with Crippen LogP contribution in [0.2, 0.25) is 0 Å². The summed E-state index contributed by atoms with van der Waals surface area (Å²) >= 11 is 0. The average molecular weight is 245 g/mol. The van der Waals surface area contributed by atoms with Gasteiger partial charge in [0, 0.05) is 18.5 Å². The first-order valence-electron chi connectivity index (χ1n) is 6.67. The van der Waals surface area contributed by atoms with Crippen molar-refractivity contribution in [1.29, 1.82) is 0 Å². The van der Waals surface area contributed by atoms with Crippen LogP contribution in [0, 0.1) is 0 Å². The largest absolute Gasteiger partial charge is 0.490 e. The third-order valence-corrected chi connectivity index (χ3v) is 3.70. The van der Waals surface area contributed by atoms with Gasteiger partial charge < -0.3 is 9.64 Å². The van der Waals surface area contributed by atoms with E-state index in [9.17, 15) is 0 Å². The van der Waals surface area contributed by atoms with Crippen LogP contribution in [0.1, 0.15) is 19.8 Å². The Kier molecular flexibility index (Phi) is 3.19. The summed E-state index contributed by atoms with van der Waals surface area (Å²) in [4.78, 5) is 2.47. The van der Waals surface area contributed by atoms with Crippen molar-refractivity contribution >= 4 is 10.9 Å². The van der Waals surface area contributed by atoms with Gasteiger partial charge in [0.1, 0.15) is 11.9 Å². The zero-order chi connectivity index (χ0) is 12.4. The molecule has 1 aliphatic rings. The van der Waals surface area contributed by atoms with Gasteiger partial charge in [-0.3, -0.25) is 5.10 Å². The minimum Gasteiger partial charge on any atom is -0.490 e. The van der Waals surface area contributed by atoms with Gasteiger partial charge in [0.15, 0.2) is 0 Å². The predicted molar refractivity (Wildman–Crippen MR) is 71.9 cm³/mol. The number of ether oxygens (including phenoxy) is 1. The lowest BCUT2D eigenvalue weighted by atomic mass is 10.1. The maximum Gasteiger partial charge on any atom is 0.120 e. The molecular weight excluding hydrogens is 226 g/mol. The van der Waals surface area contributed by atoms with E-state index in [2.05, 4.69) is 28.1 Å². The van der Waals surface area contributed by atoms with Gasteiger partial charge in [-0.15, -0.1) is 0 Å². The normalized spacial score (nSPS) is 18.3. The van der Waals surface area contributed by atoms with E-state index in [4.69, 9.17) is 4.74 Å². The number of hydrogen-bond acceptors (Lipinski definition) is 3. The van der Waals surface area contributed by atoms with Gasteiger partial charge in [0.25, 0.3) is 0 Å². The van der Waals surface area contributed by atoms with Gasteiger partial charge in [-0.25, -0.2) is 0 Å². The molecule has 1 N–H and O–H groups in total. The highest BCUT2D eigenvalue weighted by Crippen LogP contribution is 2.22. The summed E-state index contributed by atoms with van der Waals surface area (Å²) in [7, 11) is 0. The van der Waals surface area contributed by atoms with Crippen molar-refractivity contribution in [2.45, 2.75) is 25.9 Å². The third kappa shape index (κ3) is 2.34. The van der Waals surface area contributed by atoms with Crippen LogP contribution >= 0.6 is 0 Å². The molecule has 0 atom stereocenters. The second kappa shape index (κ2) is 4.98. The molecular formula is C14H19N3O. The standard InChI is InChI=1S/C14H19N3O/c1-2-17-7-5-12(6-8-17)18-13-3-4-14-11(9-13)10-15-16-14/h3-4,9-10,12H,2,5-8H2,1H3,(H,15,16). The molecule has 1 aromatic heterocycles. The molecule has 1 aliphatic heterocycles. The molecule has 2 heterocycles. The lowest BCUT2D eigenvalue weighted by Gasteiger charge is -2.31. The summed E-state index contributed by atoms with van der Waals surface area (Å²) in [5, 5.41) is 8.08. The molecule has 0 spiro atoms. The Bertz CT molecular complexity index is 514. The maximum absolute atomic E-state index is 6.06. The van der Waals surface area contributed by atoms with Crippen molar-refractivity contribution in [2.75, 3.05) is 19.6 Å². The number of nitrogens with zero attached hydrogens (tertiary/aromatic N) is 2. The van der Waals surface area contributed by atoms with Crippen molar-refractivity contribution in [3.05, 3.63) is 24.4 Å². The smallest absolute Gasteiger partial charge is 0.120 e. The van der Waals surface area contributed by atoms with E-state index < -0.39 is 0 Å². The van der Waals surface area contributed by atoms with Gasteiger partial charge in [-0.05, 0) is 37.6 Å². The highest BCUT2D eigenvalue weighted by atomic mass is 16.5. The van der Waals surface area contributed by atoms with Crippen LogP contribution in [0.25, 0.3) is 10.9 Å². The van der Waals surface area contributed by atoms with Crippen LogP contribution in [0.4, 0.5) is 0 Å². The minimum atomic E-state index is 0.358. The zero-order valence-electron chi connectivity index (χ0n) is 10.7. The van der Waals surface area contributed by atoms with Gasteiger partial charge >= 0.3 is 0 Å². The fraction of sp³-hybridized carbons (Fsp3) is 0.500. The molecule has 3 rings (SSSR count). The summed E-state index contributed by atoms with van der Waals surface area (Å²) in [5.41, 5.74) is 1.06. The van der Waals surface area contributed by atoms with E-state index in [1.165, 1.54) is 0 Å². The van der Waals surface area contributed by atoms with E-state index in [-0.39, 0.29) is 0 Å². The van der Waals surface area contributed by atoms with E-state index in [1.54, 1.807) is 0 Å². The number of hydrogen-bond donors (Lipinski definition) is 1. The van der Waals surface area contributed by atoms with E-state index >= 15 is 0 Å². The Morgan fingerprint density at radius 3 is 3.00 bits per heavy atom. The maximum atomic E-state index is 6.06. The molecule has 0 amide bonds. The second-order valence-electron chi connectivity index (χ2n) is 4.87. The number of aromatic nitrogens is 2. The van der Waals surface area contributed by atoms with Crippen LogP contribution in [0.15, 0.2) is 24.4 Å². The van der Waals surface area contributed by atoms with Crippen LogP contribution in [0.5, 0.6) is 5.75 Å². The molecule has 0 unspecified atom stereocenters. The van der Waals surface area contributed by atoms with Crippen LogP contribution < -0.4 is 4.74 Å². The molecule has 2 aromatic rings. The highest BCUT2D eigenvalue weighted by Gasteiger charge is 2.19. The highest BCUT2D eigenvalue weighted by molar-refractivity contribution is 5.79. The fourth-order valence-corrected chi connectivity index (χ4v) is 2.53. The predicted octanol–water partition coefficient (Wildman–Crippen LogP) is 2.43. The molecule has 4 heteroatoms. The Morgan fingerprint density at radius 2 is 2.22 bits per heavy atom. The summed E-state index contributed by atoms with van der Waals surface area (Å²) in [6.07, 6.45) is 4.44. The first kappa shape index (κ1) is 11.5. The average Bonchev–Trinajstić information content (AvgIpc) is 2.87. The number of H-pyrrole nitrogens is 1. The Morgan fingerprint density at radius 1 is 1.39 bits per heavy atom. The lowest BCUT2D eigenvalue weighted by molar-refractivity contribution is 0.104. The molecule has 1 fully saturated rings. The summed E-state index contributed by atoms with van der Waals surface area (Å²) in [5.74, 6) is 0.957. The third-order valence-electron chi connectivity index (χ3n) is 3.70. The van der Waals surface area contributed by atoms with Gasteiger partial charge in [-0.2, -0.15) is 5.10 Å². The number of piperidine rings is 1. The second-order valence-corrected chi connectivity index (χ2v) is 4.87. The Balaban J connectivity index is 1.65. The van der Waals surface area contributed by atoms with Crippen molar-refractivity contribution in [3.8, 4) is 5.75 Å².